The lowest BCUT2D eigenvalue weighted by atomic mass is 10.2. The summed E-state index contributed by atoms with van der Waals surface area (Å²) in [4.78, 5) is 17.8. The van der Waals surface area contributed by atoms with E-state index in [1.54, 1.807) is 18.3 Å². The minimum atomic E-state index is -0.426. The molecule has 6 nitrogen and oxygen atoms in total. The fraction of sp³-hybridized carbons (Fsp3) is 0.278. The van der Waals surface area contributed by atoms with Crippen molar-refractivity contribution < 1.29 is 9.76 Å². The van der Waals surface area contributed by atoms with Gasteiger partial charge in [-0.1, -0.05) is 29.4 Å². The number of benzene rings is 2. The molecule has 0 radical (unpaired) electrons. The van der Waals surface area contributed by atoms with Crippen LogP contribution in [0.4, 0.5) is 11.4 Å². The first kappa shape index (κ1) is 17.5. The van der Waals surface area contributed by atoms with Crippen LogP contribution in [0, 0.1) is 10.1 Å². The molecule has 2 rings (SSSR count). The van der Waals surface area contributed by atoms with Crippen LogP contribution >= 0.6 is 0 Å². The van der Waals surface area contributed by atoms with Gasteiger partial charge in [0, 0.05) is 30.9 Å². The Balaban J connectivity index is 1.90. The predicted molar refractivity (Wildman–Crippen MR) is 95.5 cm³/mol. The quantitative estimate of drug-likeness (QED) is 0.417. The lowest BCUT2D eigenvalue weighted by molar-refractivity contribution is -0.384. The summed E-state index contributed by atoms with van der Waals surface area (Å²) in [6, 6.07) is 14.4. The molecule has 0 aliphatic carbocycles. The first-order valence-corrected chi connectivity index (χ1v) is 7.87. The van der Waals surface area contributed by atoms with E-state index in [0.717, 1.165) is 18.7 Å². The summed E-state index contributed by atoms with van der Waals surface area (Å²) in [6.45, 7) is 6.38. The minimum absolute atomic E-state index is 0.0482. The first-order chi connectivity index (χ1) is 11.6. The van der Waals surface area contributed by atoms with Gasteiger partial charge >= 0.3 is 0 Å². The summed E-state index contributed by atoms with van der Waals surface area (Å²) in [5.74, 6) is 0. The normalized spacial score (nSPS) is 10.8. The Labute approximate surface area is 141 Å². The number of non-ortho nitro benzene ring substituents is 1. The molecule has 0 aliphatic heterocycles. The number of rotatable bonds is 8. The van der Waals surface area contributed by atoms with Crippen LogP contribution in [-0.4, -0.2) is 24.2 Å². The molecular weight excluding hydrogens is 306 g/mol. The summed E-state index contributed by atoms with van der Waals surface area (Å²) >= 11 is 0. The molecule has 0 fully saturated rings. The molecule has 0 amide bonds. The molecule has 2 aromatic rings. The Bertz CT molecular complexity index is 695. The molecule has 0 heterocycles. The molecule has 6 heteroatoms. The van der Waals surface area contributed by atoms with Crippen LogP contribution in [0.25, 0.3) is 0 Å². The molecule has 24 heavy (non-hydrogen) atoms. The van der Waals surface area contributed by atoms with Gasteiger partial charge in [-0.2, -0.15) is 0 Å². The Morgan fingerprint density at radius 2 is 1.88 bits per heavy atom. The van der Waals surface area contributed by atoms with Crippen molar-refractivity contribution in [3.05, 3.63) is 69.8 Å². The lowest BCUT2D eigenvalue weighted by Crippen LogP contribution is -2.21. The lowest BCUT2D eigenvalue weighted by Gasteiger charge is -2.20. The number of hydrogen-bond acceptors (Lipinski definition) is 5. The topological polar surface area (TPSA) is 68.0 Å². The average Bonchev–Trinajstić information content (AvgIpc) is 2.61. The molecule has 0 aliphatic rings. The highest BCUT2D eigenvalue weighted by molar-refractivity contribution is 5.79. The zero-order valence-electron chi connectivity index (χ0n) is 13.9. The van der Waals surface area contributed by atoms with Crippen molar-refractivity contribution in [3.63, 3.8) is 0 Å². The molecule has 0 bridgehead atoms. The highest BCUT2D eigenvalue weighted by atomic mass is 16.6. The molecule has 126 valence electrons. The second-order valence-corrected chi connectivity index (χ2v) is 5.20. The molecular formula is C18H21N3O3. The molecule has 0 atom stereocenters. The zero-order chi connectivity index (χ0) is 17.4. The van der Waals surface area contributed by atoms with Crippen molar-refractivity contribution in [1.82, 2.24) is 0 Å². The number of anilines is 1. The van der Waals surface area contributed by atoms with E-state index in [-0.39, 0.29) is 12.3 Å². The highest BCUT2D eigenvalue weighted by Crippen LogP contribution is 2.15. The van der Waals surface area contributed by atoms with E-state index in [1.165, 1.54) is 17.8 Å². The van der Waals surface area contributed by atoms with Crippen LogP contribution in [0.3, 0.4) is 0 Å². The summed E-state index contributed by atoms with van der Waals surface area (Å²) in [7, 11) is 0. The largest absolute Gasteiger partial charge is 0.391 e. The highest BCUT2D eigenvalue weighted by Gasteiger charge is 2.05. The van der Waals surface area contributed by atoms with Gasteiger partial charge in [-0.15, -0.1) is 0 Å². The van der Waals surface area contributed by atoms with Crippen molar-refractivity contribution in [1.29, 1.82) is 0 Å². The minimum Gasteiger partial charge on any atom is -0.391 e. The second kappa shape index (κ2) is 8.67. The van der Waals surface area contributed by atoms with Gasteiger partial charge in [0.05, 0.1) is 11.1 Å². The van der Waals surface area contributed by atoms with Crippen LogP contribution in [0.2, 0.25) is 0 Å². The van der Waals surface area contributed by atoms with Crippen LogP contribution in [0.5, 0.6) is 0 Å². The smallest absolute Gasteiger partial charge is 0.269 e. The van der Waals surface area contributed by atoms with E-state index in [2.05, 4.69) is 36.0 Å². The Hall–Kier alpha value is -2.89. The third kappa shape index (κ3) is 4.81. The fourth-order valence-electron chi connectivity index (χ4n) is 2.33. The van der Waals surface area contributed by atoms with E-state index >= 15 is 0 Å². The van der Waals surface area contributed by atoms with Gasteiger partial charge in [0.15, 0.2) is 0 Å². The maximum Gasteiger partial charge on any atom is 0.269 e. The van der Waals surface area contributed by atoms with Crippen molar-refractivity contribution in [2.45, 2.75) is 20.5 Å². The number of hydrogen-bond donors (Lipinski definition) is 0. The van der Waals surface area contributed by atoms with Crippen LogP contribution in [-0.2, 0) is 11.4 Å². The van der Waals surface area contributed by atoms with Crippen molar-refractivity contribution in [2.24, 2.45) is 5.16 Å². The van der Waals surface area contributed by atoms with Crippen LogP contribution in [0.15, 0.2) is 53.7 Å². The molecule has 0 saturated heterocycles. The van der Waals surface area contributed by atoms with E-state index in [9.17, 15) is 10.1 Å². The standard InChI is InChI=1S/C18H21N3O3/c1-3-20(4-2)17-10-8-15(9-11-17)13-19-24-14-16-6-5-7-18(12-16)21(22)23/h5-13H,3-4,14H2,1-2H3/b19-13-. The Kier molecular flexibility index (Phi) is 6.31. The van der Waals surface area contributed by atoms with Gasteiger partial charge in [-0.25, -0.2) is 0 Å². The van der Waals surface area contributed by atoms with Gasteiger partial charge < -0.3 is 9.74 Å². The number of nitro benzene ring substituents is 1. The molecule has 0 unspecified atom stereocenters. The van der Waals surface area contributed by atoms with Crippen LogP contribution < -0.4 is 4.90 Å². The van der Waals surface area contributed by atoms with E-state index in [4.69, 9.17) is 4.84 Å². The van der Waals surface area contributed by atoms with Gasteiger partial charge in [-0.05, 0) is 37.1 Å². The molecule has 2 aromatic carbocycles. The molecule has 0 spiro atoms. The third-order valence-electron chi connectivity index (χ3n) is 3.65. The van der Waals surface area contributed by atoms with Crippen LogP contribution in [0.1, 0.15) is 25.0 Å². The first-order valence-electron chi connectivity index (χ1n) is 7.87. The van der Waals surface area contributed by atoms with Crippen molar-refractivity contribution in [2.75, 3.05) is 18.0 Å². The molecule has 0 saturated carbocycles. The van der Waals surface area contributed by atoms with Gasteiger partial charge in [-0.3, -0.25) is 10.1 Å². The van der Waals surface area contributed by atoms with Gasteiger partial charge in [0.25, 0.3) is 5.69 Å². The Morgan fingerprint density at radius 1 is 1.17 bits per heavy atom. The number of nitro groups is 1. The van der Waals surface area contributed by atoms with Crippen molar-refractivity contribution >= 4 is 17.6 Å². The van der Waals surface area contributed by atoms with E-state index < -0.39 is 4.92 Å². The van der Waals surface area contributed by atoms with E-state index in [0.29, 0.717) is 5.56 Å². The third-order valence-corrected chi connectivity index (χ3v) is 3.65. The van der Waals surface area contributed by atoms with Crippen molar-refractivity contribution in [3.8, 4) is 0 Å². The van der Waals surface area contributed by atoms with Gasteiger partial charge in [0.2, 0.25) is 0 Å². The zero-order valence-corrected chi connectivity index (χ0v) is 13.9. The van der Waals surface area contributed by atoms with E-state index in [1.807, 2.05) is 12.1 Å². The molecule has 0 N–H and O–H groups in total. The summed E-state index contributed by atoms with van der Waals surface area (Å²) in [5.41, 5.74) is 2.87. The van der Waals surface area contributed by atoms with Gasteiger partial charge in [0.1, 0.15) is 6.61 Å². The monoisotopic (exact) mass is 327 g/mol. The number of oxime groups is 1. The summed E-state index contributed by atoms with van der Waals surface area (Å²) in [6.07, 6.45) is 1.63. The maximum atomic E-state index is 10.7. The maximum absolute atomic E-state index is 10.7. The summed E-state index contributed by atoms with van der Waals surface area (Å²) in [5, 5.41) is 14.6. The second-order valence-electron chi connectivity index (χ2n) is 5.20. The summed E-state index contributed by atoms with van der Waals surface area (Å²) < 4.78 is 0. The molecule has 0 aromatic heterocycles. The number of nitrogens with zero attached hydrogens (tertiary/aromatic N) is 3. The predicted octanol–water partition coefficient (Wildman–Crippen LogP) is 3.99. The average molecular weight is 327 g/mol. The Morgan fingerprint density at radius 3 is 2.50 bits per heavy atom. The fourth-order valence-corrected chi connectivity index (χ4v) is 2.33. The SMILES string of the molecule is CCN(CC)c1ccc(/C=N\OCc2cccc([N+](=O)[O-])c2)cc1.